The van der Waals surface area contributed by atoms with Crippen LogP contribution in [-0.2, 0) is 35.3 Å². The highest BCUT2D eigenvalue weighted by atomic mass is 32.3. The van der Waals surface area contributed by atoms with Gasteiger partial charge in [-0.15, -0.1) is 20.9 Å². The second kappa shape index (κ2) is 13.8. The van der Waals surface area contributed by atoms with E-state index in [-0.39, 0.29) is 41.5 Å². The van der Waals surface area contributed by atoms with Gasteiger partial charge in [-0.3, -0.25) is 23.7 Å². The maximum absolute atomic E-state index is 14.7. The molecular formula is C37H58N6O7S2. The molecule has 1 aromatic heterocycles. The van der Waals surface area contributed by atoms with Gasteiger partial charge in [-0.25, -0.2) is 4.79 Å². The molecule has 0 radical (unpaired) electrons. The van der Waals surface area contributed by atoms with Gasteiger partial charge in [0.25, 0.3) is 5.91 Å². The number of piperidine rings is 1. The zero-order chi connectivity index (χ0) is 38.0. The number of nitrogens with zero attached hydrogens (tertiary/aromatic N) is 2. The van der Waals surface area contributed by atoms with E-state index < -0.39 is 62.7 Å². The van der Waals surface area contributed by atoms with Crippen molar-refractivity contribution in [3.05, 3.63) is 16.3 Å². The first-order valence-corrected chi connectivity index (χ1v) is 22.1. The molecule has 0 bridgehead atoms. The van der Waals surface area contributed by atoms with Crippen molar-refractivity contribution >= 4 is 50.4 Å². The van der Waals surface area contributed by atoms with Crippen molar-refractivity contribution in [2.45, 2.75) is 128 Å². The van der Waals surface area contributed by atoms with E-state index in [0.717, 1.165) is 56.2 Å². The Bertz CT molecular complexity index is 1670. The van der Waals surface area contributed by atoms with Gasteiger partial charge in [0.1, 0.15) is 12.1 Å². The van der Waals surface area contributed by atoms with Crippen LogP contribution in [0.25, 0.3) is 0 Å². The van der Waals surface area contributed by atoms with Crippen LogP contribution in [0.5, 0.6) is 0 Å². The van der Waals surface area contributed by atoms with Crippen LogP contribution in [0, 0.1) is 34.5 Å². The number of hydrogen-bond acceptors (Lipinski definition) is 7. The lowest BCUT2D eigenvalue weighted by molar-refractivity contribution is -0.144. The van der Waals surface area contributed by atoms with E-state index in [4.69, 9.17) is 5.73 Å². The monoisotopic (exact) mass is 762 g/mol. The third-order valence-electron chi connectivity index (χ3n) is 13.0. The predicted molar refractivity (Wildman–Crippen MR) is 199 cm³/mol. The molecule has 1 saturated heterocycles. The summed E-state index contributed by atoms with van der Waals surface area (Å²) in [6.07, 6.45) is 8.95. The molecule has 5 amide bonds. The Morgan fingerprint density at radius 2 is 1.71 bits per heavy atom. The van der Waals surface area contributed by atoms with E-state index in [0.29, 0.717) is 24.4 Å². The molecular weight excluding hydrogens is 705 g/mol. The molecule has 4 fully saturated rings. The quantitative estimate of drug-likeness (QED) is 0.201. The molecule has 290 valence electrons. The summed E-state index contributed by atoms with van der Waals surface area (Å²) < 4.78 is 27.0. The van der Waals surface area contributed by atoms with Crippen molar-refractivity contribution in [2.75, 3.05) is 19.3 Å². The Morgan fingerprint density at radius 3 is 2.29 bits per heavy atom. The number of hydrogen-bond donors (Lipinski definition) is 5. The standard InChI is InChI=1S/C37H58N6O7S2/c1-36(2,3)27(20-42-19-25-26(15-16-51-25)52(42,6,49)50)40-35(48)41-29(22-13-8-7-9-14-22)34(47)43-18-23-28(37(23,4)5)30(43)33(46)39-24(31(44)32(38)45)17-21-11-10-12-21/h15-16,21-24,27-30H,7-14,17-20H2,1-6H3,(H2,38,45)(H,39,46)(H,49,50)(H2,40,41,48)/t23-,24?,27+,28-,29-,30-/m0/s1. The number of rotatable bonds is 12. The summed E-state index contributed by atoms with van der Waals surface area (Å²) in [6, 6.07) is -2.19. The van der Waals surface area contributed by atoms with Crippen LogP contribution >= 0.6 is 11.3 Å². The van der Waals surface area contributed by atoms with Gasteiger partial charge in [0.05, 0.1) is 17.5 Å². The number of likely N-dealkylation sites (tertiary alicyclic amines) is 1. The van der Waals surface area contributed by atoms with E-state index >= 15 is 0 Å². The molecule has 2 aliphatic heterocycles. The molecule has 15 heteroatoms. The summed E-state index contributed by atoms with van der Waals surface area (Å²) in [5.74, 6) is -2.68. The molecule has 3 aliphatic carbocycles. The summed E-state index contributed by atoms with van der Waals surface area (Å²) in [5.41, 5.74) is 4.69. The summed E-state index contributed by atoms with van der Waals surface area (Å²) in [4.78, 5) is 70.5. The molecule has 13 nitrogen and oxygen atoms in total. The first kappa shape index (κ1) is 38.8. The summed E-state index contributed by atoms with van der Waals surface area (Å²) >= 11 is 1.44. The number of carbonyl (C=O) groups excluding carboxylic acids is 5. The summed E-state index contributed by atoms with van der Waals surface area (Å²) in [5, 5.41) is 10.7. The van der Waals surface area contributed by atoms with Crippen LogP contribution in [-0.4, -0.2) is 91.0 Å². The number of primary amides is 1. The zero-order valence-corrected chi connectivity index (χ0v) is 33.1. The molecule has 3 heterocycles. The van der Waals surface area contributed by atoms with E-state index in [2.05, 4.69) is 29.8 Å². The van der Waals surface area contributed by atoms with Crippen molar-refractivity contribution < 1.29 is 32.7 Å². The summed E-state index contributed by atoms with van der Waals surface area (Å²) in [6.45, 7) is 10.8. The second-order valence-corrected chi connectivity index (χ2v) is 22.3. The van der Waals surface area contributed by atoms with Gasteiger partial charge >= 0.3 is 6.03 Å². The van der Waals surface area contributed by atoms with Gasteiger partial charge in [0, 0.05) is 30.3 Å². The van der Waals surface area contributed by atoms with Crippen LogP contribution in [0.4, 0.5) is 4.79 Å². The first-order chi connectivity index (χ1) is 24.2. The third kappa shape index (κ3) is 7.31. The first-order valence-electron chi connectivity index (χ1n) is 18.9. The minimum atomic E-state index is -4.31. The molecule has 0 aromatic carbocycles. The number of fused-ring (bicyclic) bond motifs is 2. The predicted octanol–water partition coefficient (Wildman–Crippen LogP) is 3.64. The topological polar surface area (TPSA) is 191 Å². The minimum absolute atomic E-state index is 0.0781. The fraction of sp³-hybridized carbons (Fsp3) is 0.757. The largest absolute Gasteiger partial charge is 0.363 e. The number of Topliss-reactive ketones (excluding diaryl/α,β-unsaturated/α-hetero) is 1. The fourth-order valence-electron chi connectivity index (χ4n) is 9.20. The molecule has 0 spiro atoms. The van der Waals surface area contributed by atoms with E-state index in [9.17, 15) is 32.7 Å². The van der Waals surface area contributed by atoms with Gasteiger partial charge < -0.3 is 26.6 Å². The Balaban J connectivity index is 1.21. The molecule has 6 atom stereocenters. The number of ketones is 1. The second-order valence-electron chi connectivity index (χ2n) is 17.9. The number of amides is 5. The lowest BCUT2D eigenvalue weighted by Crippen LogP contribution is -2.62. The van der Waals surface area contributed by atoms with Gasteiger partial charge in [-0.05, 0) is 65.2 Å². The van der Waals surface area contributed by atoms with Crippen LogP contribution in [0.3, 0.4) is 0 Å². The minimum Gasteiger partial charge on any atom is -0.363 e. The van der Waals surface area contributed by atoms with Crippen molar-refractivity contribution in [3.8, 4) is 0 Å². The van der Waals surface area contributed by atoms with E-state index in [1.807, 2.05) is 26.2 Å². The van der Waals surface area contributed by atoms with Crippen molar-refractivity contribution in [1.29, 1.82) is 0 Å². The van der Waals surface area contributed by atoms with Crippen LogP contribution in [0.1, 0.15) is 97.3 Å². The number of urea groups is 1. The highest BCUT2D eigenvalue weighted by molar-refractivity contribution is 8.12. The lowest BCUT2D eigenvalue weighted by atomic mass is 9.80. The smallest absolute Gasteiger partial charge is 0.315 e. The number of carbonyl (C=O) groups is 5. The van der Waals surface area contributed by atoms with Gasteiger partial charge in [-0.1, -0.05) is 73.1 Å². The fourth-order valence-corrected chi connectivity index (χ4v) is 13.1. The maximum Gasteiger partial charge on any atom is 0.315 e. The van der Waals surface area contributed by atoms with Gasteiger partial charge in [0.2, 0.25) is 17.6 Å². The molecule has 3 saturated carbocycles. The molecule has 1 aromatic rings. The van der Waals surface area contributed by atoms with Crippen molar-refractivity contribution in [2.24, 2.45) is 40.2 Å². The highest BCUT2D eigenvalue weighted by Crippen LogP contribution is 2.65. The average Bonchev–Trinajstić information content (AvgIpc) is 3.49. The Kier molecular flexibility index (Phi) is 10.3. The number of nitrogens with one attached hydrogen (secondary N) is 3. The van der Waals surface area contributed by atoms with Crippen LogP contribution in [0.15, 0.2) is 16.3 Å². The lowest BCUT2D eigenvalue weighted by Gasteiger charge is -2.46. The number of thiophene rings is 1. The van der Waals surface area contributed by atoms with E-state index in [1.165, 1.54) is 17.6 Å². The molecule has 5 aliphatic rings. The molecule has 6 N–H and O–H groups in total. The third-order valence-corrected chi connectivity index (χ3v) is 16.9. The molecule has 6 rings (SSSR count). The van der Waals surface area contributed by atoms with Gasteiger partial charge in [0.15, 0.2) is 0 Å². The Morgan fingerprint density at radius 1 is 1.04 bits per heavy atom. The zero-order valence-electron chi connectivity index (χ0n) is 31.4. The van der Waals surface area contributed by atoms with E-state index in [1.54, 1.807) is 15.3 Å². The normalized spacial score (nSPS) is 28.9. The molecule has 52 heavy (non-hydrogen) atoms. The average molecular weight is 763 g/mol. The van der Waals surface area contributed by atoms with Gasteiger partial charge in [-0.2, -0.15) is 8.51 Å². The summed E-state index contributed by atoms with van der Waals surface area (Å²) in [7, 11) is -4.31. The Hall–Kier alpha value is -2.88. The number of nitrogens with two attached hydrogens (primary N) is 1. The van der Waals surface area contributed by atoms with Crippen molar-refractivity contribution in [3.63, 3.8) is 0 Å². The van der Waals surface area contributed by atoms with Crippen molar-refractivity contribution in [1.82, 2.24) is 25.2 Å². The Labute approximate surface area is 311 Å². The van der Waals surface area contributed by atoms with Crippen LogP contribution < -0.4 is 21.7 Å². The maximum atomic E-state index is 14.7. The molecule has 1 unspecified atom stereocenters. The van der Waals surface area contributed by atoms with Crippen LogP contribution in [0.2, 0.25) is 0 Å². The SMILES string of the molecule is CC(C)(C)[C@@H](CN1Cc2sccc2S1(C)(=O)O)NC(=O)N[C@H](C(=O)N1C[C@H]2[C@@H]([C@H]1C(=O)NC(CC1CCC1)C(=O)C(N)=O)C2(C)C)C1CCCCC1. The highest BCUT2D eigenvalue weighted by Gasteiger charge is 2.70.